The molecule has 0 unspecified atom stereocenters. The summed E-state index contributed by atoms with van der Waals surface area (Å²) in [4.78, 5) is 46.1. The second-order valence-corrected chi connectivity index (χ2v) is 4.77. The molecule has 116 valence electrons. The number of imide groups is 1. The molecule has 0 radical (unpaired) electrons. The van der Waals surface area contributed by atoms with Crippen LogP contribution in [0, 0.1) is 10.1 Å². The Hall–Kier alpha value is -3.49. The number of nitro benzene ring substituents is 1. The number of nitro groups is 1. The van der Waals surface area contributed by atoms with Crippen molar-refractivity contribution in [3.8, 4) is 0 Å². The summed E-state index contributed by atoms with van der Waals surface area (Å²) in [5.41, 5.74) is -0.778. The maximum Gasteiger partial charge on any atom is 0.336 e. The molecule has 1 aliphatic heterocycles. The molecule has 1 N–H and O–H groups in total. The Bertz CT molecular complexity index is 959. The lowest BCUT2D eigenvalue weighted by Gasteiger charge is -2.04. The first-order valence-corrected chi connectivity index (χ1v) is 6.40. The fourth-order valence-corrected chi connectivity index (χ4v) is 2.24. The number of carbonyl (C=O) groups excluding carboxylic acids is 2. The molecule has 3 rings (SSSR count). The highest BCUT2D eigenvalue weighted by Crippen LogP contribution is 2.29. The van der Waals surface area contributed by atoms with E-state index in [0.29, 0.717) is 0 Å². The largest absolute Gasteiger partial charge is 0.423 e. The van der Waals surface area contributed by atoms with Gasteiger partial charge in [0, 0.05) is 24.6 Å². The van der Waals surface area contributed by atoms with Crippen LogP contribution in [0.25, 0.3) is 17.0 Å². The molecule has 1 aromatic carbocycles. The third-order valence-corrected chi connectivity index (χ3v) is 3.39. The molecule has 0 spiro atoms. The number of rotatable bonds is 2. The SMILES string of the molecule is CN1C(=O)NC(=Cc2c([N+](=O)[O-])ccc3oc(=O)ccc23)C1=O. The Morgan fingerprint density at radius 1 is 1.22 bits per heavy atom. The van der Waals surface area contributed by atoms with Crippen LogP contribution in [0.15, 0.2) is 39.2 Å². The van der Waals surface area contributed by atoms with Crippen LogP contribution in [0.1, 0.15) is 5.56 Å². The number of likely N-dealkylation sites (N-methyl/N-ethyl adjacent to an activating group) is 1. The lowest BCUT2D eigenvalue weighted by molar-refractivity contribution is -0.384. The van der Waals surface area contributed by atoms with Crippen molar-refractivity contribution in [2.45, 2.75) is 0 Å². The van der Waals surface area contributed by atoms with Crippen LogP contribution in [0.5, 0.6) is 0 Å². The van der Waals surface area contributed by atoms with Crippen molar-refractivity contribution < 1.29 is 18.9 Å². The summed E-state index contributed by atoms with van der Waals surface area (Å²) in [6, 6.07) is 4.33. The van der Waals surface area contributed by atoms with Gasteiger partial charge in [-0.2, -0.15) is 0 Å². The van der Waals surface area contributed by atoms with E-state index in [1.807, 2.05) is 0 Å². The summed E-state index contributed by atoms with van der Waals surface area (Å²) in [5.74, 6) is -0.612. The number of fused-ring (bicyclic) bond motifs is 1. The fourth-order valence-electron chi connectivity index (χ4n) is 2.24. The predicted molar refractivity (Wildman–Crippen MR) is 78.4 cm³/mol. The topological polar surface area (TPSA) is 123 Å². The second-order valence-electron chi connectivity index (χ2n) is 4.77. The molecule has 0 saturated carbocycles. The number of amides is 3. The zero-order chi connectivity index (χ0) is 16.7. The number of benzene rings is 1. The smallest absolute Gasteiger partial charge is 0.336 e. The van der Waals surface area contributed by atoms with E-state index < -0.39 is 22.5 Å². The molecule has 0 aliphatic carbocycles. The summed E-state index contributed by atoms with van der Waals surface area (Å²) >= 11 is 0. The van der Waals surface area contributed by atoms with E-state index >= 15 is 0 Å². The lowest BCUT2D eigenvalue weighted by atomic mass is 10.1. The van der Waals surface area contributed by atoms with Crippen molar-refractivity contribution in [3.05, 3.63) is 56.1 Å². The van der Waals surface area contributed by atoms with Gasteiger partial charge in [-0.05, 0) is 18.2 Å². The van der Waals surface area contributed by atoms with Gasteiger partial charge in [0.1, 0.15) is 11.3 Å². The molecule has 1 fully saturated rings. The lowest BCUT2D eigenvalue weighted by Crippen LogP contribution is -2.25. The van der Waals surface area contributed by atoms with Gasteiger partial charge in [-0.25, -0.2) is 9.59 Å². The Morgan fingerprint density at radius 3 is 2.57 bits per heavy atom. The van der Waals surface area contributed by atoms with Crippen LogP contribution < -0.4 is 10.9 Å². The summed E-state index contributed by atoms with van der Waals surface area (Å²) in [6.45, 7) is 0. The van der Waals surface area contributed by atoms with Crippen molar-refractivity contribution in [1.29, 1.82) is 0 Å². The normalized spacial score (nSPS) is 16.2. The van der Waals surface area contributed by atoms with E-state index in [0.717, 1.165) is 11.0 Å². The molecule has 9 nitrogen and oxygen atoms in total. The van der Waals surface area contributed by atoms with Crippen molar-refractivity contribution in [1.82, 2.24) is 10.2 Å². The fraction of sp³-hybridized carbons (Fsp3) is 0.0714. The Morgan fingerprint density at radius 2 is 1.96 bits per heavy atom. The average molecular weight is 315 g/mol. The van der Waals surface area contributed by atoms with Gasteiger partial charge in [0.15, 0.2) is 0 Å². The molecule has 23 heavy (non-hydrogen) atoms. The van der Waals surface area contributed by atoms with Crippen molar-refractivity contribution in [2.24, 2.45) is 0 Å². The molecule has 2 aromatic rings. The van der Waals surface area contributed by atoms with E-state index in [-0.39, 0.29) is 27.9 Å². The van der Waals surface area contributed by atoms with Crippen LogP contribution >= 0.6 is 0 Å². The Labute approximate surface area is 127 Å². The number of nitrogens with one attached hydrogen (secondary N) is 1. The van der Waals surface area contributed by atoms with Gasteiger partial charge in [-0.1, -0.05) is 0 Å². The quantitative estimate of drug-likeness (QED) is 0.292. The van der Waals surface area contributed by atoms with E-state index in [4.69, 9.17) is 4.42 Å². The van der Waals surface area contributed by atoms with Gasteiger partial charge in [-0.15, -0.1) is 0 Å². The minimum Gasteiger partial charge on any atom is -0.423 e. The number of nitrogens with zero attached hydrogens (tertiary/aromatic N) is 2. The summed E-state index contributed by atoms with van der Waals surface area (Å²) in [6.07, 6.45) is 1.20. The third kappa shape index (κ3) is 2.33. The van der Waals surface area contributed by atoms with Crippen molar-refractivity contribution in [2.75, 3.05) is 7.05 Å². The van der Waals surface area contributed by atoms with E-state index in [1.165, 1.54) is 31.3 Å². The molecule has 1 aromatic heterocycles. The summed E-state index contributed by atoms with van der Waals surface area (Å²) in [7, 11) is 1.29. The molecule has 1 aliphatic rings. The Balaban J connectivity index is 2.28. The zero-order valence-corrected chi connectivity index (χ0v) is 11.7. The van der Waals surface area contributed by atoms with Crippen LogP contribution in [-0.4, -0.2) is 28.8 Å². The van der Waals surface area contributed by atoms with Crippen LogP contribution in [0.2, 0.25) is 0 Å². The molecule has 0 atom stereocenters. The van der Waals surface area contributed by atoms with Crippen LogP contribution in [0.4, 0.5) is 10.5 Å². The predicted octanol–water partition coefficient (Wildman–Crippen LogP) is 1.22. The van der Waals surface area contributed by atoms with Crippen LogP contribution in [-0.2, 0) is 4.79 Å². The minimum atomic E-state index is -0.629. The minimum absolute atomic E-state index is 0.0650. The van der Waals surface area contributed by atoms with E-state index in [2.05, 4.69) is 5.32 Å². The maximum atomic E-state index is 11.9. The van der Waals surface area contributed by atoms with Crippen molar-refractivity contribution in [3.63, 3.8) is 0 Å². The number of hydrogen-bond donors (Lipinski definition) is 1. The first-order chi connectivity index (χ1) is 10.9. The average Bonchev–Trinajstić information content (AvgIpc) is 2.74. The second kappa shape index (κ2) is 5.05. The van der Waals surface area contributed by atoms with Gasteiger partial charge in [0.2, 0.25) is 0 Å². The molecular weight excluding hydrogens is 306 g/mol. The molecule has 3 amide bonds. The monoisotopic (exact) mass is 315 g/mol. The number of hydrogen-bond acceptors (Lipinski definition) is 6. The van der Waals surface area contributed by atoms with Gasteiger partial charge in [-0.3, -0.25) is 19.8 Å². The highest BCUT2D eigenvalue weighted by molar-refractivity contribution is 6.14. The van der Waals surface area contributed by atoms with Gasteiger partial charge in [0.05, 0.1) is 10.5 Å². The number of urea groups is 1. The molecule has 2 heterocycles. The summed E-state index contributed by atoms with van der Waals surface area (Å²) < 4.78 is 4.98. The van der Waals surface area contributed by atoms with Gasteiger partial charge >= 0.3 is 11.7 Å². The highest BCUT2D eigenvalue weighted by Gasteiger charge is 2.31. The first-order valence-electron chi connectivity index (χ1n) is 6.40. The standard InChI is InChI=1S/C14H9N3O6/c1-16-13(19)9(15-14(16)20)6-8-7-2-5-12(18)23-11(7)4-3-10(8)17(21)22/h2-6H,1H3,(H,15,20). The molecular formula is C14H9N3O6. The number of carbonyl (C=O) groups is 2. The maximum absolute atomic E-state index is 11.9. The van der Waals surface area contributed by atoms with E-state index in [1.54, 1.807) is 0 Å². The molecule has 0 bridgehead atoms. The summed E-state index contributed by atoms with van der Waals surface area (Å²) in [5, 5.41) is 13.8. The van der Waals surface area contributed by atoms with Crippen LogP contribution in [0.3, 0.4) is 0 Å². The van der Waals surface area contributed by atoms with Crippen molar-refractivity contribution >= 4 is 34.7 Å². The van der Waals surface area contributed by atoms with Gasteiger partial charge in [0.25, 0.3) is 11.6 Å². The third-order valence-electron chi connectivity index (χ3n) is 3.39. The first kappa shape index (κ1) is 14.4. The zero-order valence-electron chi connectivity index (χ0n) is 11.7. The highest BCUT2D eigenvalue weighted by atomic mass is 16.6. The van der Waals surface area contributed by atoms with Gasteiger partial charge < -0.3 is 9.73 Å². The van der Waals surface area contributed by atoms with E-state index in [9.17, 15) is 24.5 Å². The Kier molecular flexibility index (Phi) is 3.17. The molecule has 1 saturated heterocycles. The molecule has 9 heteroatoms.